The SMILES string of the molecule is O=C(NCc1cc(C2CC2)ncn1)c1cc2ccccc2[nH]1. The van der Waals surface area contributed by atoms with Gasteiger partial charge in [-0.3, -0.25) is 4.79 Å². The highest BCUT2D eigenvalue weighted by atomic mass is 16.1. The summed E-state index contributed by atoms with van der Waals surface area (Å²) in [4.78, 5) is 23.9. The number of carbonyl (C=O) groups excluding carboxylic acids is 1. The van der Waals surface area contributed by atoms with Gasteiger partial charge in [0, 0.05) is 22.5 Å². The molecule has 1 saturated carbocycles. The molecule has 5 nitrogen and oxygen atoms in total. The first-order chi connectivity index (χ1) is 10.8. The van der Waals surface area contributed by atoms with Crippen LogP contribution in [0.15, 0.2) is 42.7 Å². The van der Waals surface area contributed by atoms with Crippen molar-refractivity contribution in [3.63, 3.8) is 0 Å². The third-order valence-corrected chi connectivity index (χ3v) is 3.95. The maximum atomic E-state index is 12.2. The second kappa shape index (κ2) is 5.26. The van der Waals surface area contributed by atoms with E-state index in [4.69, 9.17) is 0 Å². The number of rotatable bonds is 4. The zero-order chi connectivity index (χ0) is 14.9. The molecule has 2 heterocycles. The van der Waals surface area contributed by atoms with Crippen LogP contribution >= 0.6 is 0 Å². The summed E-state index contributed by atoms with van der Waals surface area (Å²) in [5.41, 5.74) is 3.47. The van der Waals surface area contributed by atoms with Gasteiger partial charge < -0.3 is 10.3 Å². The number of hydrogen-bond acceptors (Lipinski definition) is 3. The summed E-state index contributed by atoms with van der Waals surface area (Å²) in [5.74, 6) is 0.467. The van der Waals surface area contributed by atoms with Gasteiger partial charge in [-0.25, -0.2) is 9.97 Å². The Labute approximate surface area is 127 Å². The summed E-state index contributed by atoms with van der Waals surface area (Å²) in [6.07, 6.45) is 3.99. The minimum Gasteiger partial charge on any atom is -0.351 e. The Balaban J connectivity index is 1.46. The van der Waals surface area contributed by atoms with Crippen molar-refractivity contribution in [3.8, 4) is 0 Å². The number of carbonyl (C=O) groups is 1. The minimum atomic E-state index is -0.122. The molecule has 110 valence electrons. The topological polar surface area (TPSA) is 70.7 Å². The number of amides is 1. The van der Waals surface area contributed by atoms with Gasteiger partial charge in [0.1, 0.15) is 12.0 Å². The molecule has 0 spiro atoms. The van der Waals surface area contributed by atoms with Crippen molar-refractivity contribution in [1.82, 2.24) is 20.3 Å². The summed E-state index contributed by atoms with van der Waals surface area (Å²) in [6, 6.07) is 11.7. The lowest BCUT2D eigenvalue weighted by Crippen LogP contribution is -2.23. The van der Waals surface area contributed by atoms with Crippen LogP contribution in [-0.2, 0) is 6.54 Å². The number of benzene rings is 1. The molecule has 0 bridgehead atoms. The molecule has 2 aromatic heterocycles. The van der Waals surface area contributed by atoms with Gasteiger partial charge in [-0.05, 0) is 31.0 Å². The van der Waals surface area contributed by atoms with Crippen LogP contribution in [0.2, 0.25) is 0 Å². The van der Waals surface area contributed by atoms with Crippen LogP contribution < -0.4 is 5.32 Å². The van der Waals surface area contributed by atoms with Gasteiger partial charge in [-0.1, -0.05) is 18.2 Å². The van der Waals surface area contributed by atoms with Gasteiger partial charge in [0.05, 0.1) is 12.2 Å². The van der Waals surface area contributed by atoms with E-state index in [0.717, 1.165) is 22.3 Å². The van der Waals surface area contributed by atoms with E-state index in [1.165, 1.54) is 12.8 Å². The third-order valence-electron chi connectivity index (χ3n) is 3.95. The van der Waals surface area contributed by atoms with Crippen LogP contribution in [0.5, 0.6) is 0 Å². The van der Waals surface area contributed by atoms with E-state index in [2.05, 4.69) is 20.3 Å². The van der Waals surface area contributed by atoms with E-state index in [0.29, 0.717) is 18.2 Å². The lowest BCUT2D eigenvalue weighted by Gasteiger charge is -2.04. The standard InChI is InChI=1S/C17H16N4O/c22-17(16-7-12-3-1-2-4-14(12)21-16)18-9-13-8-15(11-5-6-11)20-10-19-13/h1-4,7-8,10-11,21H,5-6,9H2,(H,18,22). The van der Waals surface area contributed by atoms with Crippen molar-refractivity contribution < 1.29 is 4.79 Å². The second-order valence-corrected chi connectivity index (χ2v) is 5.66. The van der Waals surface area contributed by atoms with Crippen LogP contribution in [0.1, 0.15) is 40.6 Å². The van der Waals surface area contributed by atoms with E-state index in [-0.39, 0.29) is 5.91 Å². The molecule has 2 N–H and O–H groups in total. The van der Waals surface area contributed by atoms with Crippen molar-refractivity contribution in [2.45, 2.75) is 25.3 Å². The molecular weight excluding hydrogens is 276 g/mol. The summed E-state index contributed by atoms with van der Waals surface area (Å²) in [6.45, 7) is 0.413. The summed E-state index contributed by atoms with van der Waals surface area (Å²) < 4.78 is 0. The Bertz CT molecular complexity index is 802. The van der Waals surface area contributed by atoms with Crippen molar-refractivity contribution in [3.05, 3.63) is 59.8 Å². The Morgan fingerprint density at radius 1 is 1.23 bits per heavy atom. The zero-order valence-electron chi connectivity index (χ0n) is 12.0. The van der Waals surface area contributed by atoms with Crippen LogP contribution in [0.25, 0.3) is 10.9 Å². The summed E-state index contributed by atoms with van der Waals surface area (Å²) in [5, 5.41) is 3.94. The van der Waals surface area contributed by atoms with E-state index < -0.39 is 0 Å². The quantitative estimate of drug-likeness (QED) is 0.776. The fraction of sp³-hybridized carbons (Fsp3) is 0.235. The fourth-order valence-electron chi connectivity index (χ4n) is 2.58. The highest BCUT2D eigenvalue weighted by Gasteiger charge is 2.25. The largest absolute Gasteiger partial charge is 0.351 e. The highest BCUT2D eigenvalue weighted by Crippen LogP contribution is 2.38. The van der Waals surface area contributed by atoms with Crippen molar-refractivity contribution >= 4 is 16.8 Å². The van der Waals surface area contributed by atoms with E-state index in [1.54, 1.807) is 6.33 Å². The first-order valence-electron chi connectivity index (χ1n) is 7.46. The Morgan fingerprint density at radius 3 is 2.91 bits per heavy atom. The first kappa shape index (κ1) is 13.0. The Morgan fingerprint density at radius 2 is 2.09 bits per heavy atom. The van der Waals surface area contributed by atoms with Crippen LogP contribution in [-0.4, -0.2) is 20.9 Å². The number of aromatic amines is 1. The number of hydrogen-bond donors (Lipinski definition) is 2. The summed E-state index contributed by atoms with van der Waals surface area (Å²) >= 11 is 0. The zero-order valence-corrected chi connectivity index (χ0v) is 12.0. The van der Waals surface area contributed by atoms with Gasteiger partial charge in [0.25, 0.3) is 5.91 Å². The molecule has 22 heavy (non-hydrogen) atoms. The lowest BCUT2D eigenvalue weighted by atomic mass is 10.2. The number of H-pyrrole nitrogens is 1. The van der Waals surface area contributed by atoms with Gasteiger partial charge >= 0.3 is 0 Å². The smallest absolute Gasteiger partial charge is 0.268 e. The molecule has 1 aliphatic rings. The molecular formula is C17H16N4O. The average molecular weight is 292 g/mol. The van der Waals surface area contributed by atoms with Crippen molar-refractivity contribution in [2.24, 2.45) is 0 Å². The molecule has 0 saturated heterocycles. The van der Waals surface area contributed by atoms with Gasteiger partial charge in [0.2, 0.25) is 0 Å². The molecule has 1 aromatic carbocycles. The van der Waals surface area contributed by atoms with Crippen molar-refractivity contribution in [1.29, 1.82) is 0 Å². The number of fused-ring (bicyclic) bond motifs is 1. The minimum absolute atomic E-state index is 0.122. The van der Waals surface area contributed by atoms with Gasteiger partial charge in [-0.2, -0.15) is 0 Å². The first-order valence-corrected chi connectivity index (χ1v) is 7.46. The fourth-order valence-corrected chi connectivity index (χ4v) is 2.58. The van der Waals surface area contributed by atoms with Crippen molar-refractivity contribution in [2.75, 3.05) is 0 Å². The predicted molar refractivity (Wildman–Crippen MR) is 83.5 cm³/mol. The maximum Gasteiger partial charge on any atom is 0.268 e. The van der Waals surface area contributed by atoms with Gasteiger partial charge in [0.15, 0.2) is 0 Å². The predicted octanol–water partition coefficient (Wildman–Crippen LogP) is 2.77. The third kappa shape index (κ3) is 2.57. The molecule has 0 aliphatic heterocycles. The Kier molecular flexibility index (Phi) is 3.11. The van der Waals surface area contributed by atoms with E-state index in [9.17, 15) is 4.79 Å². The molecule has 4 rings (SSSR count). The molecule has 1 aliphatic carbocycles. The molecule has 0 unspecified atom stereocenters. The lowest BCUT2D eigenvalue weighted by molar-refractivity contribution is 0.0946. The number of aromatic nitrogens is 3. The molecule has 0 radical (unpaired) electrons. The van der Waals surface area contributed by atoms with E-state index in [1.807, 2.05) is 36.4 Å². The van der Waals surface area contributed by atoms with Crippen LogP contribution in [0.4, 0.5) is 0 Å². The number of para-hydroxylation sites is 1. The molecule has 1 amide bonds. The van der Waals surface area contributed by atoms with Crippen LogP contribution in [0, 0.1) is 0 Å². The second-order valence-electron chi connectivity index (χ2n) is 5.66. The molecule has 5 heteroatoms. The monoisotopic (exact) mass is 292 g/mol. The molecule has 3 aromatic rings. The molecule has 1 fully saturated rings. The average Bonchev–Trinajstić information content (AvgIpc) is 3.31. The van der Waals surface area contributed by atoms with Crippen LogP contribution in [0.3, 0.4) is 0 Å². The normalized spacial score (nSPS) is 14.2. The number of nitrogens with zero attached hydrogens (tertiary/aromatic N) is 2. The maximum absolute atomic E-state index is 12.2. The number of nitrogens with one attached hydrogen (secondary N) is 2. The van der Waals surface area contributed by atoms with E-state index >= 15 is 0 Å². The Hall–Kier alpha value is -2.69. The highest BCUT2D eigenvalue weighted by molar-refractivity contribution is 5.97. The summed E-state index contributed by atoms with van der Waals surface area (Å²) in [7, 11) is 0. The van der Waals surface area contributed by atoms with Gasteiger partial charge in [-0.15, -0.1) is 0 Å². The molecule has 0 atom stereocenters.